The van der Waals surface area contributed by atoms with Gasteiger partial charge in [0.2, 0.25) is 0 Å². The highest BCUT2D eigenvalue weighted by Crippen LogP contribution is 2.33. The molecule has 0 bridgehead atoms. The fraction of sp³-hybridized carbons (Fsp3) is 0.333. The number of hydrogen-bond acceptors (Lipinski definition) is 2. The molecule has 1 aliphatic heterocycles. The number of hydrogen-bond donors (Lipinski definition) is 1. The molecule has 7 heteroatoms. The molecule has 1 aliphatic rings. The minimum atomic E-state index is -1.00. The first kappa shape index (κ1) is 21.0. The molecule has 162 valence electrons. The van der Waals surface area contributed by atoms with Crippen molar-refractivity contribution in [2.45, 2.75) is 45.2 Å². The lowest BCUT2D eigenvalue weighted by Gasteiger charge is -2.30. The molecular formula is C24H26F2N4O. The van der Waals surface area contributed by atoms with Gasteiger partial charge in [-0.3, -0.25) is 0 Å². The Hall–Kier alpha value is -3.22. The van der Waals surface area contributed by atoms with Crippen molar-refractivity contribution in [3.8, 4) is 0 Å². The maximum absolute atomic E-state index is 13.6. The van der Waals surface area contributed by atoms with E-state index >= 15 is 0 Å². The van der Waals surface area contributed by atoms with Gasteiger partial charge >= 0.3 is 6.03 Å². The number of rotatable bonds is 2. The van der Waals surface area contributed by atoms with Crippen LogP contribution in [0.5, 0.6) is 0 Å². The van der Waals surface area contributed by atoms with E-state index in [2.05, 4.69) is 47.8 Å². The van der Waals surface area contributed by atoms with Crippen molar-refractivity contribution in [2.75, 3.05) is 11.9 Å². The summed E-state index contributed by atoms with van der Waals surface area (Å²) in [4.78, 5) is 19.5. The van der Waals surface area contributed by atoms with Gasteiger partial charge < -0.3 is 14.8 Å². The second kappa shape index (κ2) is 8.13. The van der Waals surface area contributed by atoms with Crippen LogP contribution in [0.25, 0.3) is 0 Å². The number of urea groups is 1. The van der Waals surface area contributed by atoms with Crippen molar-refractivity contribution in [1.29, 1.82) is 0 Å². The number of aromatic nitrogens is 2. The van der Waals surface area contributed by atoms with Gasteiger partial charge in [-0.15, -0.1) is 0 Å². The number of nitrogens with one attached hydrogen (secondary N) is 1. The summed E-state index contributed by atoms with van der Waals surface area (Å²) in [6.45, 7) is 7.72. The minimum Gasteiger partial charge on any atom is -0.333 e. The molecule has 1 unspecified atom stereocenters. The molecule has 0 fully saturated rings. The summed E-state index contributed by atoms with van der Waals surface area (Å²) in [5.74, 6) is -1.17. The molecular weight excluding hydrogens is 398 g/mol. The lowest BCUT2D eigenvalue weighted by atomic mass is 9.86. The molecule has 0 saturated heterocycles. The third kappa shape index (κ3) is 4.31. The highest BCUT2D eigenvalue weighted by atomic mass is 19.2. The second-order valence-electron chi connectivity index (χ2n) is 8.86. The standard InChI is InChI=1S/C24H26F2N4O/c1-24(2,3)17-7-5-16(6-8-17)21-22-27-11-14-29(22)12-4-13-30(21)23(31)28-18-9-10-19(25)20(26)15-18/h5-11,14-15,21H,4,12-13H2,1-3H3,(H,28,31). The molecule has 0 aliphatic carbocycles. The third-order valence-electron chi connectivity index (χ3n) is 5.63. The summed E-state index contributed by atoms with van der Waals surface area (Å²) in [6, 6.07) is 10.8. The molecule has 2 amide bonds. The molecule has 1 aromatic heterocycles. The molecule has 2 aromatic carbocycles. The van der Waals surface area contributed by atoms with Crippen LogP contribution in [0.15, 0.2) is 54.9 Å². The quantitative estimate of drug-likeness (QED) is 0.592. The van der Waals surface area contributed by atoms with Crippen LogP contribution in [-0.4, -0.2) is 27.0 Å². The van der Waals surface area contributed by atoms with Gasteiger partial charge in [-0.05, 0) is 35.1 Å². The number of halogens is 2. The molecule has 1 N–H and O–H groups in total. The zero-order valence-electron chi connectivity index (χ0n) is 17.9. The number of aryl methyl sites for hydroxylation is 1. The summed E-state index contributed by atoms with van der Waals surface area (Å²) in [5, 5.41) is 2.71. The summed E-state index contributed by atoms with van der Waals surface area (Å²) in [7, 11) is 0. The van der Waals surface area contributed by atoms with Crippen molar-refractivity contribution in [1.82, 2.24) is 14.5 Å². The van der Waals surface area contributed by atoms with Crippen LogP contribution in [0, 0.1) is 11.6 Å². The second-order valence-corrected chi connectivity index (χ2v) is 8.86. The molecule has 2 heterocycles. The first-order valence-corrected chi connectivity index (χ1v) is 10.4. The van der Waals surface area contributed by atoms with E-state index in [-0.39, 0.29) is 17.1 Å². The van der Waals surface area contributed by atoms with E-state index in [1.54, 1.807) is 11.1 Å². The highest BCUT2D eigenvalue weighted by molar-refractivity contribution is 5.89. The molecule has 4 rings (SSSR count). The Labute approximate surface area is 180 Å². The van der Waals surface area contributed by atoms with Crippen molar-refractivity contribution >= 4 is 11.7 Å². The first-order valence-electron chi connectivity index (χ1n) is 10.4. The number of nitrogens with zero attached hydrogens (tertiary/aromatic N) is 3. The van der Waals surface area contributed by atoms with Crippen LogP contribution in [0.2, 0.25) is 0 Å². The first-order chi connectivity index (χ1) is 14.7. The van der Waals surface area contributed by atoms with Crippen LogP contribution in [0.1, 0.15) is 50.2 Å². The van der Waals surface area contributed by atoms with E-state index in [1.807, 2.05) is 18.3 Å². The van der Waals surface area contributed by atoms with E-state index in [4.69, 9.17) is 0 Å². The molecule has 5 nitrogen and oxygen atoms in total. The average Bonchev–Trinajstić information content (AvgIpc) is 3.10. The van der Waals surface area contributed by atoms with Gasteiger partial charge in [0.1, 0.15) is 11.9 Å². The number of carbonyl (C=O) groups excluding carboxylic acids is 1. The van der Waals surface area contributed by atoms with E-state index in [0.29, 0.717) is 6.54 Å². The van der Waals surface area contributed by atoms with E-state index in [9.17, 15) is 13.6 Å². The predicted molar refractivity (Wildman–Crippen MR) is 116 cm³/mol. The van der Waals surface area contributed by atoms with Crippen LogP contribution in [0.4, 0.5) is 19.3 Å². The molecule has 31 heavy (non-hydrogen) atoms. The van der Waals surface area contributed by atoms with Gasteiger partial charge in [-0.1, -0.05) is 45.0 Å². The van der Waals surface area contributed by atoms with Crippen LogP contribution in [-0.2, 0) is 12.0 Å². The average molecular weight is 424 g/mol. The minimum absolute atomic E-state index is 0.0180. The molecule has 0 radical (unpaired) electrons. The Morgan fingerprint density at radius 3 is 2.48 bits per heavy atom. The van der Waals surface area contributed by atoms with Gasteiger partial charge in [-0.2, -0.15) is 0 Å². The molecule has 1 atom stereocenters. The highest BCUT2D eigenvalue weighted by Gasteiger charge is 2.32. The van der Waals surface area contributed by atoms with Crippen molar-refractivity contribution in [3.05, 3.63) is 83.4 Å². The normalized spacial score (nSPS) is 16.5. The zero-order chi connectivity index (χ0) is 22.2. The number of fused-ring (bicyclic) bond motifs is 1. The number of amides is 2. The summed E-state index contributed by atoms with van der Waals surface area (Å²) in [6.07, 6.45) is 4.41. The lowest BCUT2D eigenvalue weighted by Crippen LogP contribution is -2.39. The van der Waals surface area contributed by atoms with Gasteiger partial charge in [0.05, 0.1) is 0 Å². The van der Waals surface area contributed by atoms with Crippen LogP contribution < -0.4 is 5.32 Å². The number of carbonyl (C=O) groups is 1. The van der Waals surface area contributed by atoms with Gasteiger partial charge in [0, 0.05) is 37.2 Å². The zero-order valence-corrected chi connectivity index (χ0v) is 17.9. The van der Waals surface area contributed by atoms with Gasteiger partial charge in [0.15, 0.2) is 11.6 Å². The van der Waals surface area contributed by atoms with Crippen molar-refractivity contribution in [3.63, 3.8) is 0 Å². The summed E-state index contributed by atoms with van der Waals surface area (Å²) >= 11 is 0. The summed E-state index contributed by atoms with van der Waals surface area (Å²) in [5.41, 5.74) is 2.37. The number of anilines is 1. The largest absolute Gasteiger partial charge is 0.333 e. The maximum atomic E-state index is 13.6. The van der Waals surface area contributed by atoms with Crippen LogP contribution in [0.3, 0.4) is 0 Å². The SMILES string of the molecule is CC(C)(C)c1ccc(C2c3nccn3CCCN2C(=O)Nc2ccc(F)c(F)c2)cc1. The van der Waals surface area contributed by atoms with Crippen molar-refractivity contribution in [2.24, 2.45) is 0 Å². The Kier molecular flexibility index (Phi) is 5.52. The Morgan fingerprint density at radius 2 is 1.81 bits per heavy atom. The Balaban J connectivity index is 1.69. The van der Waals surface area contributed by atoms with E-state index in [1.165, 1.54) is 11.6 Å². The van der Waals surface area contributed by atoms with Crippen molar-refractivity contribution < 1.29 is 13.6 Å². The molecule has 3 aromatic rings. The van der Waals surface area contributed by atoms with Gasteiger partial charge in [-0.25, -0.2) is 18.6 Å². The van der Waals surface area contributed by atoms with E-state index in [0.717, 1.165) is 36.5 Å². The predicted octanol–water partition coefficient (Wildman–Crippen LogP) is 5.49. The van der Waals surface area contributed by atoms with Gasteiger partial charge in [0.25, 0.3) is 0 Å². The fourth-order valence-corrected chi connectivity index (χ4v) is 3.92. The fourth-order valence-electron chi connectivity index (χ4n) is 3.92. The maximum Gasteiger partial charge on any atom is 0.322 e. The van der Waals surface area contributed by atoms with Crippen LogP contribution >= 0.6 is 0 Å². The third-order valence-corrected chi connectivity index (χ3v) is 5.63. The smallest absolute Gasteiger partial charge is 0.322 e. The number of benzene rings is 2. The topological polar surface area (TPSA) is 50.2 Å². The lowest BCUT2D eigenvalue weighted by molar-refractivity contribution is 0.198. The number of imidazole rings is 1. The Morgan fingerprint density at radius 1 is 1.06 bits per heavy atom. The molecule has 0 spiro atoms. The monoisotopic (exact) mass is 424 g/mol. The van der Waals surface area contributed by atoms with E-state index < -0.39 is 17.7 Å². The summed E-state index contributed by atoms with van der Waals surface area (Å²) < 4.78 is 28.9. The Bertz CT molecular complexity index is 1090. The molecule has 0 saturated carbocycles.